The number of likely N-dealkylation sites (tertiary alicyclic amines) is 1. The van der Waals surface area contributed by atoms with Gasteiger partial charge in [0.25, 0.3) is 5.56 Å². The highest BCUT2D eigenvalue weighted by molar-refractivity contribution is 5.82. The lowest BCUT2D eigenvalue weighted by molar-refractivity contribution is -0.133. The lowest BCUT2D eigenvalue weighted by Gasteiger charge is -2.32. The standard InChI is InChI=1S/C26H27N5O2/c1-19-23-17-27-31(22-10-6-3-7-11-22)25(23)26(33)30(28-19)18-24(32)29-14-12-21(13-15-29)16-20-8-4-2-5-9-20/h2-11,17,21H,12-16,18H2,1H3. The fourth-order valence-electron chi connectivity index (χ4n) is 4.66. The van der Waals surface area contributed by atoms with E-state index in [1.54, 1.807) is 10.9 Å². The second kappa shape index (κ2) is 9.02. The van der Waals surface area contributed by atoms with Crippen molar-refractivity contribution in [1.82, 2.24) is 24.5 Å². The molecular weight excluding hydrogens is 414 g/mol. The van der Waals surface area contributed by atoms with Crippen LogP contribution in [-0.2, 0) is 17.8 Å². The number of hydrogen-bond acceptors (Lipinski definition) is 4. The third kappa shape index (κ3) is 4.31. The highest BCUT2D eigenvalue weighted by Gasteiger charge is 2.24. The molecule has 7 nitrogen and oxygen atoms in total. The fraction of sp³-hybridized carbons (Fsp3) is 0.308. The SMILES string of the molecule is Cc1nn(CC(=O)N2CCC(Cc3ccccc3)CC2)c(=O)c2c1cnn2-c1ccccc1. The van der Waals surface area contributed by atoms with Gasteiger partial charge in [0.05, 0.1) is 17.6 Å². The van der Waals surface area contributed by atoms with Crippen LogP contribution in [0, 0.1) is 12.8 Å². The Hall–Kier alpha value is -3.74. The first kappa shape index (κ1) is 21.1. The van der Waals surface area contributed by atoms with E-state index in [4.69, 9.17) is 0 Å². The summed E-state index contributed by atoms with van der Waals surface area (Å²) < 4.78 is 2.92. The molecule has 2 aromatic heterocycles. The number of benzene rings is 2. The van der Waals surface area contributed by atoms with Gasteiger partial charge >= 0.3 is 0 Å². The first-order valence-corrected chi connectivity index (χ1v) is 11.4. The van der Waals surface area contributed by atoms with Crippen LogP contribution in [0.5, 0.6) is 0 Å². The molecule has 33 heavy (non-hydrogen) atoms. The summed E-state index contributed by atoms with van der Waals surface area (Å²) in [5.74, 6) is 0.517. The first-order chi connectivity index (χ1) is 16.1. The zero-order valence-electron chi connectivity index (χ0n) is 18.7. The Kier molecular flexibility index (Phi) is 5.77. The minimum Gasteiger partial charge on any atom is -0.341 e. The largest absolute Gasteiger partial charge is 0.341 e. The Labute approximate surface area is 192 Å². The maximum absolute atomic E-state index is 13.3. The highest BCUT2D eigenvalue weighted by Crippen LogP contribution is 2.22. The topological polar surface area (TPSA) is 73.0 Å². The molecule has 1 aliphatic rings. The van der Waals surface area contributed by atoms with Gasteiger partial charge in [0.15, 0.2) is 0 Å². The van der Waals surface area contributed by atoms with E-state index in [1.807, 2.05) is 48.2 Å². The molecule has 168 valence electrons. The van der Waals surface area contributed by atoms with Crippen LogP contribution in [0.4, 0.5) is 0 Å². The number of carbonyl (C=O) groups excluding carboxylic acids is 1. The number of amides is 1. The van der Waals surface area contributed by atoms with Crippen molar-refractivity contribution in [3.8, 4) is 5.69 Å². The molecule has 7 heteroatoms. The molecule has 0 unspecified atom stereocenters. The Morgan fingerprint density at radius 2 is 1.67 bits per heavy atom. The number of aryl methyl sites for hydroxylation is 1. The Morgan fingerprint density at radius 1 is 1.00 bits per heavy atom. The summed E-state index contributed by atoms with van der Waals surface area (Å²) in [6, 6.07) is 20.0. The van der Waals surface area contributed by atoms with Gasteiger partial charge in [-0.2, -0.15) is 10.2 Å². The summed E-state index contributed by atoms with van der Waals surface area (Å²) in [4.78, 5) is 28.2. The smallest absolute Gasteiger partial charge is 0.293 e. The minimum atomic E-state index is -0.302. The number of rotatable bonds is 5. The summed E-state index contributed by atoms with van der Waals surface area (Å²) in [6.07, 6.45) is 4.66. The molecule has 1 fully saturated rings. The summed E-state index contributed by atoms with van der Waals surface area (Å²) in [7, 11) is 0. The van der Waals surface area contributed by atoms with Crippen LogP contribution in [-0.4, -0.2) is 43.5 Å². The Bertz CT molecular complexity index is 1320. The predicted octanol–water partition coefficient (Wildman–Crippen LogP) is 3.37. The van der Waals surface area contributed by atoms with Crippen LogP contribution >= 0.6 is 0 Å². The van der Waals surface area contributed by atoms with Gasteiger partial charge < -0.3 is 4.90 Å². The predicted molar refractivity (Wildman–Crippen MR) is 127 cm³/mol. The molecule has 2 aromatic carbocycles. The quantitative estimate of drug-likeness (QED) is 0.476. The van der Waals surface area contributed by atoms with Gasteiger partial charge in [-0.1, -0.05) is 48.5 Å². The number of nitrogens with zero attached hydrogens (tertiary/aromatic N) is 5. The molecule has 0 radical (unpaired) electrons. The molecule has 1 saturated heterocycles. The highest BCUT2D eigenvalue weighted by atomic mass is 16.2. The van der Waals surface area contributed by atoms with Gasteiger partial charge in [-0.25, -0.2) is 9.36 Å². The lowest BCUT2D eigenvalue weighted by Crippen LogP contribution is -2.42. The molecular formula is C26H27N5O2. The number of fused-ring (bicyclic) bond motifs is 1. The molecule has 0 N–H and O–H groups in total. The fourth-order valence-corrected chi connectivity index (χ4v) is 4.66. The van der Waals surface area contributed by atoms with Crippen LogP contribution in [0.15, 0.2) is 71.7 Å². The van der Waals surface area contributed by atoms with Gasteiger partial charge in [-0.3, -0.25) is 9.59 Å². The van der Waals surface area contributed by atoms with Crippen molar-refractivity contribution >= 4 is 16.8 Å². The maximum atomic E-state index is 13.3. The second-order valence-electron chi connectivity index (χ2n) is 8.72. The van der Waals surface area contributed by atoms with E-state index >= 15 is 0 Å². The van der Waals surface area contributed by atoms with E-state index in [9.17, 15) is 9.59 Å². The summed E-state index contributed by atoms with van der Waals surface area (Å²) in [6.45, 7) is 3.22. The number of para-hydroxylation sites is 1. The van der Waals surface area contributed by atoms with Crippen LogP contribution < -0.4 is 5.56 Å². The van der Waals surface area contributed by atoms with Crippen molar-refractivity contribution in [2.75, 3.05) is 13.1 Å². The number of hydrogen-bond donors (Lipinski definition) is 0. The number of aromatic nitrogens is 4. The summed E-state index contributed by atoms with van der Waals surface area (Å²) in [5, 5.41) is 9.53. The monoisotopic (exact) mass is 441 g/mol. The maximum Gasteiger partial charge on any atom is 0.293 e. The molecule has 0 saturated carbocycles. The molecule has 5 rings (SSSR count). The molecule has 1 amide bonds. The van der Waals surface area contributed by atoms with Gasteiger partial charge in [0.2, 0.25) is 5.91 Å². The second-order valence-corrected chi connectivity index (χ2v) is 8.72. The zero-order chi connectivity index (χ0) is 22.8. The normalized spacial score (nSPS) is 14.6. The van der Waals surface area contributed by atoms with Crippen LogP contribution in [0.2, 0.25) is 0 Å². The zero-order valence-corrected chi connectivity index (χ0v) is 18.7. The summed E-state index contributed by atoms with van der Waals surface area (Å²) >= 11 is 0. The van der Waals surface area contributed by atoms with Crippen molar-refractivity contribution in [2.45, 2.75) is 32.7 Å². The van der Waals surface area contributed by atoms with Gasteiger partial charge in [0, 0.05) is 18.5 Å². The van der Waals surface area contributed by atoms with Crippen LogP contribution in [0.25, 0.3) is 16.6 Å². The van der Waals surface area contributed by atoms with Crippen molar-refractivity contribution in [2.24, 2.45) is 5.92 Å². The van der Waals surface area contributed by atoms with Crippen molar-refractivity contribution in [3.05, 3.63) is 88.5 Å². The molecule has 1 aliphatic heterocycles. The molecule has 0 spiro atoms. The average Bonchev–Trinajstić information content (AvgIpc) is 3.30. The first-order valence-electron chi connectivity index (χ1n) is 11.4. The van der Waals surface area contributed by atoms with E-state index in [2.05, 4.69) is 34.5 Å². The van der Waals surface area contributed by atoms with Gasteiger partial charge in [-0.05, 0) is 49.8 Å². The summed E-state index contributed by atoms with van der Waals surface area (Å²) in [5.41, 5.74) is 2.97. The average molecular weight is 442 g/mol. The number of carbonyl (C=O) groups is 1. The van der Waals surface area contributed by atoms with Crippen LogP contribution in [0.3, 0.4) is 0 Å². The van der Waals surface area contributed by atoms with Gasteiger partial charge in [-0.15, -0.1) is 0 Å². The van der Waals surface area contributed by atoms with Crippen molar-refractivity contribution < 1.29 is 4.79 Å². The molecule has 3 heterocycles. The molecule has 4 aromatic rings. The molecule has 0 aliphatic carbocycles. The molecule has 0 atom stereocenters. The Morgan fingerprint density at radius 3 is 2.36 bits per heavy atom. The number of piperidine rings is 1. The minimum absolute atomic E-state index is 0.0566. The van der Waals surface area contributed by atoms with Crippen molar-refractivity contribution in [1.29, 1.82) is 0 Å². The van der Waals surface area contributed by atoms with E-state index in [0.717, 1.165) is 24.9 Å². The third-order valence-corrected chi connectivity index (χ3v) is 6.49. The Balaban J connectivity index is 1.32. The molecule has 0 bridgehead atoms. The van der Waals surface area contributed by atoms with E-state index < -0.39 is 0 Å². The van der Waals surface area contributed by atoms with Crippen molar-refractivity contribution in [3.63, 3.8) is 0 Å². The lowest BCUT2D eigenvalue weighted by atomic mass is 9.90. The van der Waals surface area contributed by atoms with Gasteiger partial charge in [0.1, 0.15) is 12.1 Å². The van der Waals surface area contributed by atoms with E-state index in [-0.39, 0.29) is 18.0 Å². The van der Waals surface area contributed by atoms with Crippen LogP contribution in [0.1, 0.15) is 24.1 Å². The van der Waals surface area contributed by atoms with E-state index in [1.165, 1.54) is 10.2 Å². The van der Waals surface area contributed by atoms with E-state index in [0.29, 0.717) is 35.6 Å². The third-order valence-electron chi connectivity index (χ3n) is 6.49.